The summed E-state index contributed by atoms with van der Waals surface area (Å²) in [4.78, 5) is 18.1. The maximum atomic E-state index is 13.7. The van der Waals surface area contributed by atoms with Gasteiger partial charge < -0.3 is 20.1 Å². The van der Waals surface area contributed by atoms with Gasteiger partial charge in [0.2, 0.25) is 5.91 Å². The SMILES string of the molecule is O=C(COC1CCC(Cl)C(F)C1)NC12CC(C3NC(COC4CNCC(C(F)(F)F)C4)NO3)(C1)C2. The van der Waals surface area contributed by atoms with E-state index >= 15 is 0 Å². The molecule has 6 fully saturated rings. The number of rotatable bonds is 8. The number of hydroxylamine groups is 1. The Morgan fingerprint density at radius 1 is 1.11 bits per heavy atom. The summed E-state index contributed by atoms with van der Waals surface area (Å²) in [5.74, 6) is -1.60. The molecule has 7 unspecified atom stereocenters. The van der Waals surface area contributed by atoms with Crippen molar-refractivity contribution in [2.45, 2.75) is 92.8 Å². The lowest BCUT2D eigenvalue weighted by molar-refractivity contribution is -0.232. The maximum absolute atomic E-state index is 13.7. The molecule has 13 heteroatoms. The number of ether oxygens (including phenoxy) is 2. The zero-order valence-electron chi connectivity index (χ0n) is 19.3. The van der Waals surface area contributed by atoms with Gasteiger partial charge in [-0.05, 0) is 38.5 Å². The van der Waals surface area contributed by atoms with Crippen LogP contribution in [0, 0.1) is 11.3 Å². The van der Waals surface area contributed by atoms with E-state index in [1.54, 1.807) is 0 Å². The summed E-state index contributed by atoms with van der Waals surface area (Å²) in [6.07, 6.45) is -3.03. The Morgan fingerprint density at radius 3 is 2.60 bits per heavy atom. The molecule has 2 heterocycles. The molecule has 200 valence electrons. The number of carbonyl (C=O) groups excluding carboxylic acids is 1. The van der Waals surface area contributed by atoms with Crippen LogP contribution >= 0.6 is 11.6 Å². The summed E-state index contributed by atoms with van der Waals surface area (Å²) < 4.78 is 63.9. The Balaban J connectivity index is 0.986. The molecule has 6 aliphatic rings. The molecule has 4 N–H and O–H groups in total. The fourth-order valence-corrected chi connectivity index (χ4v) is 6.52. The van der Waals surface area contributed by atoms with E-state index in [1.807, 2.05) is 0 Å². The van der Waals surface area contributed by atoms with Gasteiger partial charge in [0.15, 0.2) is 0 Å². The molecule has 0 spiro atoms. The Labute approximate surface area is 206 Å². The second-order valence-corrected chi connectivity index (χ2v) is 11.5. The van der Waals surface area contributed by atoms with Crippen LogP contribution in [0.15, 0.2) is 0 Å². The lowest BCUT2D eigenvalue weighted by Gasteiger charge is -2.71. The van der Waals surface area contributed by atoms with Crippen molar-refractivity contribution in [3.63, 3.8) is 0 Å². The fraction of sp³-hybridized carbons (Fsp3) is 0.955. The zero-order valence-corrected chi connectivity index (χ0v) is 20.1. The zero-order chi connectivity index (χ0) is 24.8. The Hall–Kier alpha value is -0.760. The average Bonchev–Trinajstić information content (AvgIpc) is 3.23. The first-order valence-electron chi connectivity index (χ1n) is 12.3. The Kier molecular flexibility index (Phi) is 7.28. The topological polar surface area (TPSA) is 92.9 Å². The van der Waals surface area contributed by atoms with Gasteiger partial charge in [-0.3, -0.25) is 14.9 Å². The molecule has 2 saturated heterocycles. The third kappa shape index (κ3) is 5.58. The smallest absolute Gasteiger partial charge is 0.374 e. The first kappa shape index (κ1) is 25.9. The second kappa shape index (κ2) is 9.85. The number of halogens is 5. The summed E-state index contributed by atoms with van der Waals surface area (Å²) in [6.45, 7) is 0.411. The van der Waals surface area contributed by atoms with Gasteiger partial charge in [-0.25, -0.2) is 4.39 Å². The van der Waals surface area contributed by atoms with Crippen molar-refractivity contribution in [3.05, 3.63) is 0 Å². The van der Waals surface area contributed by atoms with Crippen molar-refractivity contribution in [3.8, 4) is 0 Å². The predicted molar refractivity (Wildman–Crippen MR) is 117 cm³/mol. The van der Waals surface area contributed by atoms with Gasteiger partial charge in [0.05, 0.1) is 30.1 Å². The van der Waals surface area contributed by atoms with Gasteiger partial charge in [-0.1, -0.05) is 0 Å². The molecule has 35 heavy (non-hydrogen) atoms. The molecular weight excluding hydrogens is 496 g/mol. The highest BCUT2D eigenvalue weighted by atomic mass is 35.5. The van der Waals surface area contributed by atoms with Crippen molar-refractivity contribution < 1.29 is 36.7 Å². The van der Waals surface area contributed by atoms with E-state index in [1.165, 1.54) is 0 Å². The monoisotopic (exact) mass is 528 g/mol. The van der Waals surface area contributed by atoms with Crippen molar-refractivity contribution >= 4 is 17.5 Å². The first-order chi connectivity index (χ1) is 16.6. The van der Waals surface area contributed by atoms with E-state index < -0.39 is 29.7 Å². The Bertz CT molecular complexity index is 773. The van der Waals surface area contributed by atoms with Crippen LogP contribution in [0.2, 0.25) is 0 Å². The third-order valence-electron chi connectivity index (χ3n) is 8.08. The fourth-order valence-electron chi connectivity index (χ4n) is 6.29. The second-order valence-electron chi connectivity index (χ2n) is 10.9. The summed E-state index contributed by atoms with van der Waals surface area (Å²) in [7, 11) is 0. The van der Waals surface area contributed by atoms with Gasteiger partial charge in [0.25, 0.3) is 0 Å². The summed E-state index contributed by atoms with van der Waals surface area (Å²) in [5, 5.41) is 8.68. The Morgan fingerprint density at radius 2 is 1.89 bits per heavy atom. The maximum Gasteiger partial charge on any atom is 0.393 e. The van der Waals surface area contributed by atoms with E-state index in [-0.39, 0.29) is 68.0 Å². The van der Waals surface area contributed by atoms with Gasteiger partial charge in [0.1, 0.15) is 25.2 Å². The molecule has 2 bridgehead atoms. The molecule has 1 amide bonds. The van der Waals surface area contributed by atoms with Gasteiger partial charge in [-0.2, -0.15) is 18.7 Å². The third-order valence-corrected chi connectivity index (χ3v) is 8.57. The van der Waals surface area contributed by atoms with Crippen LogP contribution in [0.5, 0.6) is 0 Å². The minimum Gasteiger partial charge on any atom is -0.374 e. The molecule has 0 aromatic heterocycles. The van der Waals surface area contributed by atoms with E-state index in [2.05, 4.69) is 21.4 Å². The summed E-state index contributed by atoms with van der Waals surface area (Å²) in [6, 6.07) is 0. The molecule has 0 aromatic rings. The standard InChI is InChI=1S/C22H33ClF4N4O4/c23-15-2-1-13(4-16(15)24)34-8-18(32)30-21-9-20(10-21,11-21)19-29-17(31-35-19)7-33-14-3-12(5-28-6-14)22(25,26)27/h12-17,19,28-29,31H,1-11H2,(H,30,32). The quantitative estimate of drug-likeness (QED) is 0.282. The lowest BCUT2D eigenvalue weighted by atomic mass is 9.38. The molecule has 8 nitrogen and oxygen atoms in total. The van der Waals surface area contributed by atoms with Crippen molar-refractivity contribution in [1.29, 1.82) is 0 Å². The predicted octanol–water partition coefficient (Wildman–Crippen LogP) is 1.87. The van der Waals surface area contributed by atoms with Crippen molar-refractivity contribution in [2.24, 2.45) is 11.3 Å². The number of alkyl halides is 5. The van der Waals surface area contributed by atoms with E-state index in [0.29, 0.717) is 19.4 Å². The highest BCUT2D eigenvalue weighted by molar-refractivity contribution is 6.21. The van der Waals surface area contributed by atoms with Crippen LogP contribution in [0.25, 0.3) is 0 Å². The molecule has 6 rings (SSSR count). The number of hydrogen-bond acceptors (Lipinski definition) is 7. The van der Waals surface area contributed by atoms with Crippen LogP contribution in [-0.4, -0.2) is 80.1 Å². The van der Waals surface area contributed by atoms with E-state index in [0.717, 1.165) is 19.3 Å². The minimum atomic E-state index is -4.23. The van der Waals surface area contributed by atoms with Gasteiger partial charge >= 0.3 is 6.18 Å². The largest absolute Gasteiger partial charge is 0.393 e. The van der Waals surface area contributed by atoms with Crippen LogP contribution in [0.1, 0.15) is 44.9 Å². The van der Waals surface area contributed by atoms with Crippen LogP contribution in [-0.2, 0) is 19.1 Å². The molecule has 0 radical (unpaired) electrons. The molecule has 0 aromatic carbocycles. The van der Waals surface area contributed by atoms with Crippen LogP contribution in [0.4, 0.5) is 17.6 Å². The normalized spacial score (nSPS) is 45.5. The number of nitrogens with one attached hydrogen (secondary N) is 4. The number of carbonyl (C=O) groups is 1. The molecule has 4 aliphatic carbocycles. The number of amides is 1. The van der Waals surface area contributed by atoms with Crippen molar-refractivity contribution in [1.82, 2.24) is 21.4 Å². The van der Waals surface area contributed by atoms with Gasteiger partial charge in [-0.15, -0.1) is 11.6 Å². The van der Waals surface area contributed by atoms with Gasteiger partial charge in [0, 0.05) is 30.5 Å². The average molecular weight is 529 g/mol. The first-order valence-corrected chi connectivity index (χ1v) is 12.8. The van der Waals surface area contributed by atoms with Crippen molar-refractivity contribution in [2.75, 3.05) is 26.3 Å². The molecule has 2 aliphatic heterocycles. The minimum absolute atomic E-state index is 0.0499. The summed E-state index contributed by atoms with van der Waals surface area (Å²) in [5.41, 5.74) is 2.53. The number of hydrogen-bond donors (Lipinski definition) is 4. The highest BCUT2D eigenvalue weighted by Crippen LogP contribution is 2.69. The van der Waals surface area contributed by atoms with E-state index in [9.17, 15) is 22.4 Å². The number of piperidine rings is 1. The molecule has 7 atom stereocenters. The summed E-state index contributed by atoms with van der Waals surface area (Å²) >= 11 is 5.89. The van der Waals surface area contributed by atoms with Crippen LogP contribution in [0.3, 0.4) is 0 Å². The van der Waals surface area contributed by atoms with Crippen LogP contribution < -0.4 is 21.4 Å². The molecule has 4 saturated carbocycles. The van der Waals surface area contributed by atoms with E-state index in [4.69, 9.17) is 25.9 Å². The highest BCUT2D eigenvalue weighted by Gasteiger charge is 2.72. The lowest BCUT2D eigenvalue weighted by Crippen LogP contribution is -2.79. The molecular formula is C22H33ClF4N4O4.